The molecule has 1 fully saturated rings. The third-order valence-corrected chi connectivity index (χ3v) is 6.41. The molecule has 9 nitrogen and oxygen atoms in total. The summed E-state index contributed by atoms with van der Waals surface area (Å²) < 4.78 is 46.9. The number of benzene rings is 2. The van der Waals surface area contributed by atoms with Crippen LogP contribution in [0.15, 0.2) is 46.9 Å². The fourth-order valence-electron chi connectivity index (χ4n) is 3.77. The van der Waals surface area contributed by atoms with Gasteiger partial charge in [0.25, 0.3) is 11.6 Å². The van der Waals surface area contributed by atoms with Crippen LogP contribution < -0.4 is 4.90 Å². The average Bonchev–Trinajstić information content (AvgIpc) is 2.97. The number of aliphatic hydroxyl groups is 1. The summed E-state index contributed by atoms with van der Waals surface area (Å²) in [4.78, 5) is 38.3. The van der Waals surface area contributed by atoms with Crippen molar-refractivity contribution in [1.29, 1.82) is 0 Å². The summed E-state index contributed by atoms with van der Waals surface area (Å²) in [5.41, 5.74) is -6.31. The Morgan fingerprint density at radius 2 is 1.76 bits per heavy atom. The van der Waals surface area contributed by atoms with Gasteiger partial charge in [0, 0.05) is 10.5 Å². The predicted octanol–water partition coefficient (Wildman–Crippen LogP) is 5.74. The standard InChI is InChI=1S/C23H21BrF3N3O6S/c1-21(2,3)36-20(33)29-19(37)28(14-9-10-16(30(34)35)15(11-14)23(25,26)27)18(32)22(29,4)17(31)12-5-7-13(24)8-6-12/h5-11,17,31H,1-4H3/t17-,22+/m0/s1. The number of amides is 2. The van der Waals surface area contributed by atoms with Crippen LogP contribution >= 0.6 is 28.1 Å². The molecule has 0 bridgehead atoms. The number of carbonyl (C=O) groups excluding carboxylic acids is 2. The third kappa shape index (κ3) is 5.31. The van der Waals surface area contributed by atoms with Gasteiger partial charge in [-0.25, -0.2) is 9.69 Å². The number of nitrogens with zero attached hydrogens (tertiary/aromatic N) is 3. The Morgan fingerprint density at radius 3 is 2.24 bits per heavy atom. The van der Waals surface area contributed by atoms with E-state index in [1.807, 2.05) is 0 Å². The highest BCUT2D eigenvalue weighted by molar-refractivity contribution is 9.10. The molecule has 0 spiro atoms. The maximum Gasteiger partial charge on any atom is 0.423 e. The van der Waals surface area contributed by atoms with Crippen molar-refractivity contribution in [3.05, 3.63) is 68.2 Å². The van der Waals surface area contributed by atoms with Crippen molar-refractivity contribution < 1.29 is 37.5 Å². The molecule has 198 valence electrons. The van der Waals surface area contributed by atoms with Crippen LogP contribution in [0.4, 0.5) is 29.3 Å². The summed E-state index contributed by atoms with van der Waals surface area (Å²) in [6.07, 6.45) is -7.94. The number of nitro benzene ring substituents is 1. The number of alkyl halides is 3. The number of aliphatic hydroxyl groups excluding tert-OH is 1. The number of halogens is 4. The first-order chi connectivity index (χ1) is 16.9. The molecule has 14 heteroatoms. The van der Waals surface area contributed by atoms with E-state index in [9.17, 15) is 38.0 Å². The molecule has 37 heavy (non-hydrogen) atoms. The predicted molar refractivity (Wildman–Crippen MR) is 134 cm³/mol. The molecule has 2 aromatic rings. The van der Waals surface area contributed by atoms with E-state index in [0.717, 1.165) is 6.07 Å². The fourth-order valence-corrected chi connectivity index (χ4v) is 4.49. The number of anilines is 1. The lowest BCUT2D eigenvalue weighted by molar-refractivity contribution is -0.388. The van der Waals surface area contributed by atoms with Gasteiger partial charge in [-0.3, -0.25) is 19.8 Å². The van der Waals surface area contributed by atoms with Gasteiger partial charge in [-0.05, 0) is 69.7 Å². The molecule has 1 saturated heterocycles. The molecular formula is C23H21BrF3N3O6S. The van der Waals surface area contributed by atoms with Gasteiger partial charge in [-0.2, -0.15) is 13.2 Å². The van der Waals surface area contributed by atoms with E-state index >= 15 is 0 Å². The molecule has 2 amide bonds. The van der Waals surface area contributed by atoms with Gasteiger partial charge >= 0.3 is 12.3 Å². The van der Waals surface area contributed by atoms with Crippen molar-refractivity contribution in [2.45, 2.75) is 51.1 Å². The number of nitro groups is 1. The summed E-state index contributed by atoms with van der Waals surface area (Å²) in [7, 11) is 0. The van der Waals surface area contributed by atoms with E-state index in [-0.39, 0.29) is 5.56 Å². The van der Waals surface area contributed by atoms with Gasteiger partial charge in [0.05, 0.1) is 10.6 Å². The Labute approximate surface area is 223 Å². The lowest BCUT2D eigenvalue weighted by Crippen LogP contribution is -2.55. The summed E-state index contributed by atoms with van der Waals surface area (Å²) >= 11 is 8.60. The Morgan fingerprint density at radius 1 is 1.19 bits per heavy atom. The minimum atomic E-state index is -5.13. The number of carbonyl (C=O) groups is 2. The number of hydrogen-bond acceptors (Lipinski definition) is 7. The van der Waals surface area contributed by atoms with Gasteiger partial charge in [0.2, 0.25) is 0 Å². The molecule has 0 radical (unpaired) electrons. The first-order valence-corrected chi connectivity index (χ1v) is 11.8. The Bertz CT molecular complexity index is 1280. The average molecular weight is 604 g/mol. The number of thiocarbonyl (C=S) groups is 1. The molecule has 1 aliphatic heterocycles. The van der Waals surface area contributed by atoms with Gasteiger partial charge in [0.15, 0.2) is 10.7 Å². The molecule has 0 unspecified atom stereocenters. The molecule has 0 saturated carbocycles. The maximum absolute atomic E-state index is 13.8. The zero-order chi connectivity index (χ0) is 28.1. The molecule has 1 aliphatic rings. The lowest BCUT2D eigenvalue weighted by Gasteiger charge is -2.36. The van der Waals surface area contributed by atoms with Crippen LogP contribution in [-0.2, 0) is 15.7 Å². The van der Waals surface area contributed by atoms with Gasteiger partial charge < -0.3 is 9.84 Å². The van der Waals surface area contributed by atoms with E-state index in [4.69, 9.17) is 17.0 Å². The Hall–Kier alpha value is -3.10. The topological polar surface area (TPSA) is 113 Å². The van der Waals surface area contributed by atoms with Crippen LogP contribution in [0.3, 0.4) is 0 Å². The van der Waals surface area contributed by atoms with E-state index < -0.39 is 62.4 Å². The van der Waals surface area contributed by atoms with E-state index in [1.165, 1.54) is 19.1 Å². The molecule has 0 aliphatic carbocycles. The molecule has 2 atom stereocenters. The third-order valence-electron chi connectivity index (χ3n) is 5.52. The van der Waals surface area contributed by atoms with Crippen molar-refractivity contribution in [3.8, 4) is 0 Å². The van der Waals surface area contributed by atoms with Gasteiger partial charge in [-0.1, -0.05) is 28.1 Å². The van der Waals surface area contributed by atoms with Crippen molar-refractivity contribution in [2.24, 2.45) is 0 Å². The maximum atomic E-state index is 13.8. The van der Waals surface area contributed by atoms with Gasteiger partial charge in [-0.15, -0.1) is 0 Å². The quantitative estimate of drug-likeness (QED) is 0.269. The second-order valence-electron chi connectivity index (χ2n) is 9.30. The SMILES string of the molecule is CC(C)(C)OC(=O)N1C(=S)N(c2ccc([N+](=O)[O-])c(C(F)(F)F)c2)C(=O)[C@@]1(C)[C@@H](O)c1ccc(Br)cc1. The molecule has 0 aromatic heterocycles. The van der Waals surface area contributed by atoms with Crippen LogP contribution in [-0.4, -0.2) is 43.2 Å². The second-order valence-corrected chi connectivity index (χ2v) is 10.6. The minimum absolute atomic E-state index is 0.205. The van der Waals surface area contributed by atoms with Crippen LogP contribution in [0, 0.1) is 10.1 Å². The van der Waals surface area contributed by atoms with Crippen molar-refractivity contribution in [2.75, 3.05) is 4.90 Å². The summed E-state index contributed by atoms with van der Waals surface area (Å²) in [5, 5.41) is 21.9. The van der Waals surface area contributed by atoms with E-state index in [2.05, 4.69) is 15.9 Å². The fraction of sp³-hybridized carbons (Fsp3) is 0.348. The van der Waals surface area contributed by atoms with Gasteiger partial charge in [0.1, 0.15) is 17.3 Å². The molecule has 3 rings (SSSR count). The molecular weight excluding hydrogens is 583 g/mol. The highest BCUT2D eigenvalue weighted by atomic mass is 79.9. The smallest absolute Gasteiger partial charge is 0.423 e. The van der Waals surface area contributed by atoms with Crippen LogP contribution in [0.1, 0.15) is 44.9 Å². The number of ether oxygens (including phenoxy) is 1. The number of rotatable bonds is 4. The van der Waals surface area contributed by atoms with Crippen molar-refractivity contribution >= 4 is 56.6 Å². The monoisotopic (exact) mass is 603 g/mol. The molecule has 1 N–H and O–H groups in total. The first kappa shape index (κ1) is 28.5. The molecule has 1 heterocycles. The van der Waals surface area contributed by atoms with Crippen LogP contribution in [0.25, 0.3) is 0 Å². The van der Waals surface area contributed by atoms with E-state index in [0.29, 0.717) is 26.4 Å². The highest BCUT2D eigenvalue weighted by Crippen LogP contribution is 2.44. The van der Waals surface area contributed by atoms with Crippen LogP contribution in [0.5, 0.6) is 0 Å². The van der Waals surface area contributed by atoms with E-state index in [1.54, 1.807) is 32.9 Å². The summed E-state index contributed by atoms with van der Waals surface area (Å²) in [5.74, 6) is -1.04. The van der Waals surface area contributed by atoms with Crippen molar-refractivity contribution in [3.63, 3.8) is 0 Å². The Kier molecular flexibility index (Phi) is 7.43. The second kappa shape index (κ2) is 9.65. The largest absolute Gasteiger partial charge is 0.443 e. The minimum Gasteiger partial charge on any atom is -0.443 e. The first-order valence-electron chi connectivity index (χ1n) is 10.6. The highest BCUT2D eigenvalue weighted by Gasteiger charge is 2.61. The lowest BCUT2D eigenvalue weighted by atomic mass is 9.88. The zero-order valence-electron chi connectivity index (χ0n) is 19.9. The zero-order valence-corrected chi connectivity index (χ0v) is 22.3. The summed E-state index contributed by atoms with van der Waals surface area (Å²) in [6.45, 7) is 5.86. The van der Waals surface area contributed by atoms with Crippen molar-refractivity contribution in [1.82, 2.24) is 4.90 Å². The Balaban J connectivity index is 2.21. The normalized spacial score (nSPS) is 19.3. The molecule has 2 aromatic carbocycles. The number of hydrogen-bond donors (Lipinski definition) is 1. The van der Waals surface area contributed by atoms with Crippen LogP contribution in [0.2, 0.25) is 0 Å². The summed E-state index contributed by atoms with van der Waals surface area (Å²) in [6, 6.07) is 8.03.